The maximum absolute atomic E-state index is 14.4. The summed E-state index contributed by atoms with van der Waals surface area (Å²) in [6, 6.07) is 9.27. The van der Waals surface area contributed by atoms with Crippen LogP contribution >= 0.6 is 11.6 Å². The molecule has 0 fully saturated rings. The number of furan rings is 1. The molecule has 5 rings (SSSR count). The minimum atomic E-state index is -1.35. The first-order valence-corrected chi connectivity index (χ1v) is 9.81. The van der Waals surface area contributed by atoms with Gasteiger partial charge in [-0.3, -0.25) is 4.79 Å². The van der Waals surface area contributed by atoms with Crippen LogP contribution in [0.25, 0.3) is 33.0 Å². The maximum Gasteiger partial charge on any atom is 0.353 e. The molecule has 0 atom stereocenters. The predicted octanol–water partition coefficient (Wildman–Crippen LogP) is 5.42. The number of aromatic nitrogens is 2. The molecular formula is C23H13ClF2N2O4. The van der Waals surface area contributed by atoms with Crippen LogP contribution in [0.3, 0.4) is 0 Å². The number of fused-ring (bicyclic) bond motifs is 3. The molecule has 0 aliphatic heterocycles. The highest BCUT2D eigenvalue weighted by atomic mass is 35.5. The number of aromatic carboxylic acids is 1. The molecule has 6 nitrogen and oxygen atoms in total. The van der Waals surface area contributed by atoms with Gasteiger partial charge in [-0.2, -0.15) is 0 Å². The zero-order valence-corrected chi connectivity index (χ0v) is 16.9. The smallest absolute Gasteiger partial charge is 0.353 e. The summed E-state index contributed by atoms with van der Waals surface area (Å²) < 4.78 is 35.2. The first-order chi connectivity index (χ1) is 15.4. The van der Waals surface area contributed by atoms with Crippen molar-refractivity contribution in [2.24, 2.45) is 0 Å². The molecule has 0 saturated carbocycles. The molecule has 3 heterocycles. The largest absolute Gasteiger partial charge is 0.477 e. The minimum Gasteiger partial charge on any atom is -0.477 e. The van der Waals surface area contributed by atoms with Gasteiger partial charge >= 0.3 is 5.97 Å². The highest BCUT2D eigenvalue weighted by Crippen LogP contribution is 2.41. The van der Waals surface area contributed by atoms with Gasteiger partial charge in [0, 0.05) is 22.7 Å². The zero-order valence-electron chi connectivity index (χ0n) is 16.2. The van der Waals surface area contributed by atoms with E-state index in [1.54, 1.807) is 18.2 Å². The summed E-state index contributed by atoms with van der Waals surface area (Å²) in [5, 5.41) is 11.3. The number of hydrogen-bond acceptors (Lipinski definition) is 3. The standard InChI is InChI=1S/C23H13ClF2N2O4/c24-15-10-32-21-13(15)4-6-17-19(21)18(14-2-1-7-27-22(14)29)20(23(30)31)28(17)9-11-8-12(25)3-5-16(11)26/h1-8,10H,9H2,(H,27,29)(H,30,31). The van der Waals surface area contributed by atoms with Gasteiger partial charge in [-0.15, -0.1) is 0 Å². The van der Waals surface area contributed by atoms with Gasteiger partial charge in [-0.25, -0.2) is 13.6 Å². The molecule has 0 aliphatic carbocycles. The molecule has 0 bridgehead atoms. The lowest BCUT2D eigenvalue weighted by Gasteiger charge is -2.10. The Kier molecular flexibility index (Phi) is 4.60. The molecule has 0 saturated heterocycles. The van der Waals surface area contributed by atoms with Crippen molar-refractivity contribution < 1.29 is 23.1 Å². The highest BCUT2D eigenvalue weighted by Gasteiger charge is 2.28. The van der Waals surface area contributed by atoms with Crippen LogP contribution < -0.4 is 5.56 Å². The Morgan fingerprint density at radius 2 is 2.00 bits per heavy atom. The summed E-state index contributed by atoms with van der Waals surface area (Å²) >= 11 is 6.20. The lowest BCUT2D eigenvalue weighted by atomic mass is 10.0. The fourth-order valence-corrected chi connectivity index (χ4v) is 4.19. The molecule has 0 radical (unpaired) electrons. The van der Waals surface area contributed by atoms with Gasteiger partial charge in [-0.1, -0.05) is 11.6 Å². The number of benzene rings is 2. The van der Waals surface area contributed by atoms with Crippen molar-refractivity contribution >= 4 is 39.4 Å². The van der Waals surface area contributed by atoms with Crippen LogP contribution in [0.1, 0.15) is 16.1 Å². The minimum absolute atomic E-state index is 0.0458. The van der Waals surface area contributed by atoms with Gasteiger partial charge in [0.2, 0.25) is 0 Å². The summed E-state index contributed by atoms with van der Waals surface area (Å²) in [7, 11) is 0. The molecule has 2 aromatic carbocycles. The number of H-pyrrole nitrogens is 1. The van der Waals surface area contributed by atoms with Gasteiger partial charge in [0.1, 0.15) is 29.2 Å². The lowest BCUT2D eigenvalue weighted by molar-refractivity contribution is 0.0687. The second kappa shape index (κ2) is 7.35. The van der Waals surface area contributed by atoms with Crippen molar-refractivity contribution in [3.8, 4) is 11.1 Å². The van der Waals surface area contributed by atoms with Crippen LogP contribution in [0.4, 0.5) is 8.78 Å². The SMILES string of the molecule is O=C(O)c1c(-c2ccc[nH]c2=O)c2c3occ(Cl)c3ccc2n1Cc1cc(F)ccc1F. The number of hydrogen-bond donors (Lipinski definition) is 2. The Morgan fingerprint density at radius 3 is 2.75 bits per heavy atom. The lowest BCUT2D eigenvalue weighted by Crippen LogP contribution is -2.14. The molecular weight excluding hydrogens is 442 g/mol. The Hall–Kier alpha value is -3.91. The third-order valence-electron chi connectivity index (χ3n) is 5.35. The number of nitrogens with zero attached hydrogens (tertiary/aromatic N) is 1. The Labute approximate surface area is 183 Å². The third kappa shape index (κ3) is 2.99. The van der Waals surface area contributed by atoms with Crippen molar-refractivity contribution in [1.29, 1.82) is 0 Å². The second-order valence-electron chi connectivity index (χ2n) is 7.18. The van der Waals surface area contributed by atoms with Crippen LogP contribution in [0, 0.1) is 11.6 Å². The van der Waals surface area contributed by atoms with Gasteiger partial charge in [0.25, 0.3) is 5.56 Å². The topological polar surface area (TPSA) is 88.2 Å². The number of carboxylic acid groups (broad SMARTS) is 1. The van der Waals surface area contributed by atoms with Crippen LogP contribution in [0.2, 0.25) is 5.02 Å². The second-order valence-corrected chi connectivity index (χ2v) is 7.59. The fourth-order valence-electron chi connectivity index (χ4n) is 4.00. The highest BCUT2D eigenvalue weighted by molar-refractivity contribution is 6.36. The average Bonchev–Trinajstić information content (AvgIpc) is 3.29. The van der Waals surface area contributed by atoms with Gasteiger partial charge in [0.05, 0.1) is 28.0 Å². The third-order valence-corrected chi connectivity index (χ3v) is 5.64. The van der Waals surface area contributed by atoms with E-state index in [-0.39, 0.29) is 34.5 Å². The summed E-state index contributed by atoms with van der Waals surface area (Å²) in [5.41, 5.74) is 0.0160. The molecule has 3 aromatic heterocycles. The molecule has 2 N–H and O–H groups in total. The summed E-state index contributed by atoms with van der Waals surface area (Å²) in [4.78, 5) is 27.6. The van der Waals surface area contributed by atoms with E-state index in [1.165, 1.54) is 23.1 Å². The molecule has 5 aromatic rings. The van der Waals surface area contributed by atoms with E-state index in [9.17, 15) is 23.5 Å². The van der Waals surface area contributed by atoms with Crippen LogP contribution in [0.5, 0.6) is 0 Å². The Morgan fingerprint density at radius 1 is 1.19 bits per heavy atom. The fraction of sp³-hybridized carbons (Fsp3) is 0.0435. The predicted molar refractivity (Wildman–Crippen MR) is 115 cm³/mol. The van der Waals surface area contributed by atoms with Gasteiger partial charge in [-0.05, 0) is 42.5 Å². The molecule has 0 aliphatic rings. The molecule has 0 spiro atoms. The summed E-state index contributed by atoms with van der Waals surface area (Å²) in [6.07, 6.45) is 2.74. The van der Waals surface area contributed by atoms with E-state index in [1.807, 2.05) is 0 Å². The monoisotopic (exact) mass is 454 g/mol. The van der Waals surface area contributed by atoms with E-state index in [0.29, 0.717) is 21.3 Å². The van der Waals surface area contributed by atoms with Crippen LogP contribution in [-0.4, -0.2) is 20.6 Å². The van der Waals surface area contributed by atoms with Gasteiger partial charge < -0.3 is 19.1 Å². The molecule has 0 unspecified atom stereocenters. The van der Waals surface area contributed by atoms with E-state index in [2.05, 4.69) is 4.98 Å². The Bertz CT molecular complexity index is 1600. The van der Waals surface area contributed by atoms with Crippen LogP contribution in [0.15, 0.2) is 64.1 Å². The van der Waals surface area contributed by atoms with E-state index in [4.69, 9.17) is 16.0 Å². The molecule has 9 heteroatoms. The molecule has 32 heavy (non-hydrogen) atoms. The number of rotatable bonds is 4. The quantitative estimate of drug-likeness (QED) is 0.379. The Balaban J connectivity index is 1.95. The molecule has 0 amide bonds. The zero-order chi connectivity index (χ0) is 22.6. The number of halogens is 3. The number of carbonyl (C=O) groups is 1. The summed E-state index contributed by atoms with van der Waals surface area (Å²) in [5.74, 6) is -2.69. The van der Waals surface area contributed by atoms with E-state index >= 15 is 0 Å². The van der Waals surface area contributed by atoms with E-state index < -0.39 is 23.2 Å². The summed E-state index contributed by atoms with van der Waals surface area (Å²) in [6.45, 7) is -0.285. The first kappa shape index (κ1) is 20.0. The van der Waals surface area contributed by atoms with Crippen molar-refractivity contribution in [2.45, 2.75) is 6.54 Å². The first-order valence-electron chi connectivity index (χ1n) is 9.44. The van der Waals surface area contributed by atoms with Gasteiger partial charge in [0.15, 0.2) is 0 Å². The van der Waals surface area contributed by atoms with E-state index in [0.717, 1.165) is 18.2 Å². The molecule has 160 valence electrons. The number of carboxylic acids is 1. The van der Waals surface area contributed by atoms with Crippen molar-refractivity contribution in [3.63, 3.8) is 0 Å². The van der Waals surface area contributed by atoms with Crippen molar-refractivity contribution in [2.75, 3.05) is 0 Å². The van der Waals surface area contributed by atoms with Crippen molar-refractivity contribution in [3.05, 3.63) is 93.2 Å². The normalized spacial score (nSPS) is 11.5. The van der Waals surface area contributed by atoms with Crippen LogP contribution in [-0.2, 0) is 6.54 Å². The average molecular weight is 455 g/mol. The number of aromatic amines is 1. The number of nitrogens with one attached hydrogen (secondary N) is 1. The maximum atomic E-state index is 14.4. The number of pyridine rings is 1. The van der Waals surface area contributed by atoms with Crippen molar-refractivity contribution in [1.82, 2.24) is 9.55 Å².